The molecule has 1 aliphatic rings. The van der Waals surface area contributed by atoms with E-state index in [-0.39, 0.29) is 11.9 Å². The van der Waals surface area contributed by atoms with Gasteiger partial charge in [-0.2, -0.15) is 11.8 Å². The molecule has 1 atom stereocenters. The Hall–Kier alpha value is -0.220. The van der Waals surface area contributed by atoms with Crippen LogP contribution >= 0.6 is 11.8 Å². The van der Waals surface area contributed by atoms with Gasteiger partial charge in [0.2, 0.25) is 5.91 Å². The number of unbranched alkanes of at least 4 members (excludes halogenated alkanes) is 1. The molecule has 0 aliphatic carbocycles. The van der Waals surface area contributed by atoms with Crippen LogP contribution in [0.25, 0.3) is 0 Å². The molecule has 0 aromatic rings. The number of thioether (sulfide) groups is 1. The zero-order valence-corrected chi connectivity index (χ0v) is 10.4. The van der Waals surface area contributed by atoms with Crippen LogP contribution in [0.4, 0.5) is 0 Å². The van der Waals surface area contributed by atoms with Crippen LogP contribution in [0.15, 0.2) is 0 Å². The van der Waals surface area contributed by atoms with Gasteiger partial charge in [-0.1, -0.05) is 0 Å². The Labute approximate surface area is 96.8 Å². The van der Waals surface area contributed by atoms with E-state index >= 15 is 0 Å². The minimum absolute atomic E-state index is 0.0572. The molecule has 1 fully saturated rings. The maximum absolute atomic E-state index is 11.6. The van der Waals surface area contributed by atoms with Gasteiger partial charge in [0, 0.05) is 6.54 Å². The van der Waals surface area contributed by atoms with Gasteiger partial charge in [-0.3, -0.25) is 4.79 Å². The monoisotopic (exact) mass is 230 g/mol. The van der Waals surface area contributed by atoms with E-state index in [0.717, 1.165) is 32.4 Å². The molecule has 1 unspecified atom stereocenters. The van der Waals surface area contributed by atoms with Crippen LogP contribution in [-0.4, -0.2) is 37.0 Å². The summed E-state index contributed by atoms with van der Waals surface area (Å²) in [5.41, 5.74) is 0. The third-order valence-corrected chi connectivity index (χ3v) is 3.40. The van der Waals surface area contributed by atoms with E-state index in [0.29, 0.717) is 0 Å². The second-order valence-electron chi connectivity index (χ2n) is 3.99. The van der Waals surface area contributed by atoms with Crippen LogP contribution < -0.4 is 10.6 Å². The molecule has 1 rings (SSSR count). The lowest BCUT2D eigenvalue weighted by atomic mass is 10.1. The number of nitrogens with one attached hydrogen (secondary N) is 2. The quantitative estimate of drug-likeness (QED) is 0.678. The van der Waals surface area contributed by atoms with Crippen molar-refractivity contribution in [3.63, 3.8) is 0 Å². The summed E-state index contributed by atoms with van der Waals surface area (Å²) < 4.78 is 0. The summed E-state index contributed by atoms with van der Waals surface area (Å²) in [5, 5.41) is 6.29. The van der Waals surface area contributed by atoms with Crippen molar-refractivity contribution in [3.05, 3.63) is 0 Å². The van der Waals surface area contributed by atoms with Crippen molar-refractivity contribution in [3.8, 4) is 0 Å². The first-order chi connectivity index (χ1) is 7.34. The van der Waals surface area contributed by atoms with E-state index in [4.69, 9.17) is 0 Å². The minimum atomic E-state index is 0.0572. The Bertz CT molecular complexity index is 187. The van der Waals surface area contributed by atoms with E-state index < -0.39 is 0 Å². The molecular weight excluding hydrogens is 208 g/mol. The van der Waals surface area contributed by atoms with Crippen LogP contribution in [0, 0.1) is 0 Å². The molecule has 1 saturated heterocycles. The Morgan fingerprint density at radius 1 is 1.47 bits per heavy atom. The van der Waals surface area contributed by atoms with Crippen LogP contribution in [0.1, 0.15) is 32.1 Å². The highest BCUT2D eigenvalue weighted by Gasteiger charge is 2.18. The first kappa shape index (κ1) is 12.8. The Morgan fingerprint density at radius 2 is 2.33 bits per heavy atom. The number of carbonyl (C=O) groups excluding carboxylic acids is 1. The highest BCUT2D eigenvalue weighted by atomic mass is 32.2. The van der Waals surface area contributed by atoms with Gasteiger partial charge in [0.25, 0.3) is 0 Å². The van der Waals surface area contributed by atoms with Gasteiger partial charge < -0.3 is 10.6 Å². The molecule has 0 aromatic carbocycles. The lowest BCUT2D eigenvalue weighted by Crippen LogP contribution is -2.43. The maximum Gasteiger partial charge on any atom is 0.237 e. The first-order valence-electron chi connectivity index (χ1n) is 5.84. The fourth-order valence-corrected chi connectivity index (χ4v) is 2.27. The average Bonchev–Trinajstić information content (AvgIpc) is 2.44. The summed E-state index contributed by atoms with van der Waals surface area (Å²) in [7, 11) is 0. The molecule has 15 heavy (non-hydrogen) atoms. The van der Waals surface area contributed by atoms with Crippen molar-refractivity contribution in [1.29, 1.82) is 0 Å². The van der Waals surface area contributed by atoms with Gasteiger partial charge >= 0.3 is 0 Å². The molecule has 3 nitrogen and oxygen atoms in total. The molecule has 4 heteroatoms. The molecule has 88 valence electrons. The number of carbonyl (C=O) groups is 1. The van der Waals surface area contributed by atoms with E-state index in [1.54, 1.807) is 0 Å². The number of hydrogen-bond donors (Lipinski definition) is 2. The predicted octanol–water partition coefficient (Wildman–Crippen LogP) is 1.39. The van der Waals surface area contributed by atoms with Gasteiger partial charge in [-0.05, 0) is 50.7 Å². The maximum atomic E-state index is 11.6. The summed E-state index contributed by atoms with van der Waals surface area (Å²) in [5.74, 6) is 1.41. The predicted molar refractivity (Wildman–Crippen MR) is 66.3 cm³/mol. The fraction of sp³-hybridized carbons (Fsp3) is 0.909. The lowest BCUT2D eigenvalue weighted by Gasteiger charge is -2.14. The van der Waals surface area contributed by atoms with E-state index in [1.165, 1.54) is 18.6 Å². The smallest absolute Gasteiger partial charge is 0.237 e. The van der Waals surface area contributed by atoms with E-state index in [9.17, 15) is 4.79 Å². The summed E-state index contributed by atoms with van der Waals surface area (Å²) >= 11 is 1.88. The van der Waals surface area contributed by atoms with E-state index in [1.807, 2.05) is 11.8 Å². The summed E-state index contributed by atoms with van der Waals surface area (Å²) in [6, 6.07) is 0.0572. The number of hydrogen-bond acceptors (Lipinski definition) is 3. The molecule has 0 aromatic heterocycles. The highest BCUT2D eigenvalue weighted by Crippen LogP contribution is 2.05. The molecule has 0 radical (unpaired) electrons. The number of amides is 1. The molecule has 1 amide bonds. The fourth-order valence-electron chi connectivity index (χ4n) is 1.78. The summed E-state index contributed by atoms with van der Waals surface area (Å²) in [6.07, 6.45) is 7.81. The molecule has 1 heterocycles. The molecule has 0 saturated carbocycles. The second-order valence-corrected chi connectivity index (χ2v) is 4.98. The Balaban J connectivity index is 2.10. The minimum Gasteiger partial charge on any atom is -0.355 e. The third-order valence-electron chi connectivity index (χ3n) is 2.70. The largest absolute Gasteiger partial charge is 0.355 e. The zero-order chi connectivity index (χ0) is 10.9. The van der Waals surface area contributed by atoms with Gasteiger partial charge in [-0.15, -0.1) is 0 Å². The Morgan fingerprint density at radius 3 is 3.13 bits per heavy atom. The first-order valence-corrected chi connectivity index (χ1v) is 7.24. The van der Waals surface area contributed by atoms with E-state index in [2.05, 4.69) is 16.9 Å². The molecule has 1 aliphatic heterocycles. The van der Waals surface area contributed by atoms with Crippen molar-refractivity contribution in [2.75, 3.05) is 25.1 Å². The lowest BCUT2D eigenvalue weighted by molar-refractivity contribution is -0.122. The van der Waals surface area contributed by atoms with Crippen LogP contribution in [0.5, 0.6) is 0 Å². The van der Waals surface area contributed by atoms with Crippen LogP contribution in [0.3, 0.4) is 0 Å². The SMILES string of the molecule is CSCCCCNC1CCCCNC1=O. The van der Waals surface area contributed by atoms with Crippen LogP contribution in [-0.2, 0) is 4.79 Å². The van der Waals surface area contributed by atoms with Gasteiger partial charge in [0.1, 0.15) is 0 Å². The van der Waals surface area contributed by atoms with Crippen LogP contribution in [0.2, 0.25) is 0 Å². The van der Waals surface area contributed by atoms with Gasteiger partial charge in [-0.25, -0.2) is 0 Å². The molecule has 2 N–H and O–H groups in total. The molecular formula is C11H22N2OS. The topological polar surface area (TPSA) is 41.1 Å². The normalized spacial score (nSPS) is 22.2. The van der Waals surface area contributed by atoms with Crippen molar-refractivity contribution in [2.45, 2.75) is 38.1 Å². The number of rotatable bonds is 6. The van der Waals surface area contributed by atoms with Crippen molar-refractivity contribution >= 4 is 17.7 Å². The third kappa shape index (κ3) is 5.42. The molecule has 0 bridgehead atoms. The van der Waals surface area contributed by atoms with Gasteiger partial charge in [0.05, 0.1) is 6.04 Å². The second kappa shape index (κ2) is 7.99. The van der Waals surface area contributed by atoms with Crippen molar-refractivity contribution in [1.82, 2.24) is 10.6 Å². The standard InChI is InChI=1S/C11H22N2OS/c1-15-9-5-4-7-12-10-6-2-3-8-13-11(10)14/h10,12H,2-9H2,1H3,(H,13,14). The molecule has 0 spiro atoms. The summed E-state index contributed by atoms with van der Waals surface area (Å²) in [6.45, 7) is 1.82. The average molecular weight is 230 g/mol. The van der Waals surface area contributed by atoms with Gasteiger partial charge in [0.15, 0.2) is 0 Å². The summed E-state index contributed by atoms with van der Waals surface area (Å²) in [4.78, 5) is 11.6. The Kier molecular flexibility index (Phi) is 6.85. The highest BCUT2D eigenvalue weighted by molar-refractivity contribution is 7.98. The van der Waals surface area contributed by atoms with Crippen molar-refractivity contribution < 1.29 is 4.79 Å². The van der Waals surface area contributed by atoms with Crippen molar-refractivity contribution in [2.24, 2.45) is 0 Å². The zero-order valence-electron chi connectivity index (χ0n) is 9.55.